The molecule has 1 unspecified atom stereocenters. The van der Waals surface area contributed by atoms with Gasteiger partial charge in [-0.15, -0.1) is 0 Å². The first-order valence-electron chi connectivity index (χ1n) is 6.68. The number of methoxy groups -OCH3 is 1. The van der Waals surface area contributed by atoms with Gasteiger partial charge in [0.15, 0.2) is 0 Å². The van der Waals surface area contributed by atoms with Crippen LogP contribution in [-0.2, 0) is 9.53 Å². The number of urea groups is 1. The molecule has 19 heavy (non-hydrogen) atoms. The maximum atomic E-state index is 12.1. The summed E-state index contributed by atoms with van der Waals surface area (Å²) >= 11 is 0. The van der Waals surface area contributed by atoms with Crippen LogP contribution in [0.3, 0.4) is 0 Å². The fourth-order valence-corrected chi connectivity index (χ4v) is 2.40. The van der Waals surface area contributed by atoms with E-state index in [0.29, 0.717) is 26.0 Å². The van der Waals surface area contributed by atoms with Gasteiger partial charge < -0.3 is 20.1 Å². The smallest absolute Gasteiger partial charge is 0.326 e. The van der Waals surface area contributed by atoms with Gasteiger partial charge in [-0.05, 0) is 39.5 Å². The van der Waals surface area contributed by atoms with E-state index in [4.69, 9.17) is 9.84 Å². The van der Waals surface area contributed by atoms with Crippen LogP contribution in [-0.4, -0.2) is 53.8 Å². The molecule has 6 heteroatoms. The summed E-state index contributed by atoms with van der Waals surface area (Å²) in [4.78, 5) is 25.0. The second-order valence-electron chi connectivity index (χ2n) is 5.54. The highest BCUT2D eigenvalue weighted by Crippen LogP contribution is 2.28. The number of carboxylic acids is 1. The van der Waals surface area contributed by atoms with Gasteiger partial charge in [0.1, 0.15) is 6.04 Å². The van der Waals surface area contributed by atoms with Crippen molar-refractivity contribution >= 4 is 12.0 Å². The van der Waals surface area contributed by atoms with E-state index in [1.807, 2.05) is 13.8 Å². The van der Waals surface area contributed by atoms with Crippen molar-refractivity contribution < 1.29 is 19.4 Å². The van der Waals surface area contributed by atoms with Crippen LogP contribution in [0.25, 0.3) is 0 Å². The van der Waals surface area contributed by atoms with Crippen molar-refractivity contribution in [1.82, 2.24) is 10.2 Å². The number of carbonyl (C=O) groups excluding carboxylic acids is 1. The summed E-state index contributed by atoms with van der Waals surface area (Å²) in [5, 5.41) is 11.7. The van der Waals surface area contributed by atoms with Crippen molar-refractivity contribution in [3.63, 3.8) is 0 Å². The molecule has 2 N–H and O–H groups in total. The molecule has 1 saturated heterocycles. The molecule has 0 aromatic rings. The second kappa shape index (κ2) is 6.75. The molecule has 1 aliphatic rings. The third kappa shape index (κ3) is 4.38. The minimum Gasteiger partial charge on any atom is -0.480 e. The predicted octanol–water partition coefficient (Wildman–Crippen LogP) is 1.45. The molecule has 0 spiro atoms. The third-order valence-corrected chi connectivity index (χ3v) is 3.58. The first-order chi connectivity index (χ1) is 8.88. The number of rotatable bonds is 6. The molecule has 1 fully saturated rings. The fraction of sp³-hybridized carbons (Fsp3) is 0.846. The van der Waals surface area contributed by atoms with Gasteiger partial charge >= 0.3 is 12.0 Å². The number of likely N-dealkylation sites (tertiary alicyclic amines) is 1. The molecular formula is C13H24N2O4. The van der Waals surface area contributed by atoms with Crippen molar-refractivity contribution in [3.8, 4) is 0 Å². The van der Waals surface area contributed by atoms with E-state index >= 15 is 0 Å². The molecule has 0 aliphatic carbocycles. The highest BCUT2D eigenvalue weighted by Gasteiger charge is 2.36. The topological polar surface area (TPSA) is 78.9 Å². The number of amides is 2. The number of hydrogen-bond acceptors (Lipinski definition) is 3. The zero-order chi connectivity index (χ0) is 14.5. The van der Waals surface area contributed by atoms with Gasteiger partial charge in [0.05, 0.1) is 0 Å². The third-order valence-electron chi connectivity index (χ3n) is 3.58. The zero-order valence-electron chi connectivity index (χ0n) is 11.9. The van der Waals surface area contributed by atoms with Crippen LogP contribution in [0.5, 0.6) is 0 Å². The standard InChI is InChI=1S/C13H24N2O4/c1-13(2)7-5-8-15(13)12(18)14-10(11(16)17)6-4-9-19-3/h10H,4-9H2,1-3H3,(H,14,18)(H,16,17). The van der Waals surface area contributed by atoms with Crippen LogP contribution in [0.2, 0.25) is 0 Å². The number of ether oxygens (including phenoxy) is 1. The molecule has 0 aromatic heterocycles. The predicted molar refractivity (Wildman–Crippen MR) is 71.1 cm³/mol. The molecule has 6 nitrogen and oxygen atoms in total. The minimum absolute atomic E-state index is 0.195. The minimum atomic E-state index is -0.999. The van der Waals surface area contributed by atoms with Crippen LogP contribution in [0.1, 0.15) is 39.5 Å². The number of hydrogen-bond donors (Lipinski definition) is 2. The lowest BCUT2D eigenvalue weighted by Gasteiger charge is -2.32. The fourth-order valence-electron chi connectivity index (χ4n) is 2.40. The molecule has 0 bridgehead atoms. The first kappa shape index (κ1) is 15.8. The van der Waals surface area contributed by atoms with Crippen LogP contribution in [0, 0.1) is 0 Å². The maximum absolute atomic E-state index is 12.1. The van der Waals surface area contributed by atoms with E-state index in [-0.39, 0.29) is 11.6 Å². The Hall–Kier alpha value is -1.30. The lowest BCUT2D eigenvalue weighted by molar-refractivity contribution is -0.139. The Morgan fingerprint density at radius 3 is 2.63 bits per heavy atom. The van der Waals surface area contributed by atoms with Gasteiger partial charge in [0.25, 0.3) is 0 Å². The molecule has 0 saturated carbocycles. The Morgan fingerprint density at radius 1 is 1.47 bits per heavy atom. The molecule has 1 heterocycles. The number of nitrogens with one attached hydrogen (secondary N) is 1. The average molecular weight is 272 g/mol. The van der Waals surface area contributed by atoms with Gasteiger partial charge in [-0.3, -0.25) is 0 Å². The van der Waals surface area contributed by atoms with E-state index in [9.17, 15) is 9.59 Å². The van der Waals surface area contributed by atoms with Crippen molar-refractivity contribution in [2.75, 3.05) is 20.3 Å². The Bertz CT molecular complexity index is 331. The second-order valence-corrected chi connectivity index (χ2v) is 5.54. The van der Waals surface area contributed by atoms with Crippen molar-refractivity contribution in [1.29, 1.82) is 0 Å². The van der Waals surface area contributed by atoms with Gasteiger partial charge in [-0.25, -0.2) is 9.59 Å². The van der Waals surface area contributed by atoms with Gasteiger partial charge in [0, 0.05) is 25.8 Å². The highest BCUT2D eigenvalue weighted by molar-refractivity contribution is 5.83. The van der Waals surface area contributed by atoms with Gasteiger partial charge in [-0.2, -0.15) is 0 Å². The summed E-state index contributed by atoms with van der Waals surface area (Å²) in [6.45, 7) is 5.18. The van der Waals surface area contributed by atoms with E-state index in [1.54, 1.807) is 12.0 Å². The largest absolute Gasteiger partial charge is 0.480 e. The molecule has 1 atom stereocenters. The monoisotopic (exact) mass is 272 g/mol. The van der Waals surface area contributed by atoms with Crippen LogP contribution in [0.15, 0.2) is 0 Å². The zero-order valence-corrected chi connectivity index (χ0v) is 11.9. The molecule has 0 radical (unpaired) electrons. The summed E-state index contributed by atoms with van der Waals surface area (Å²) in [7, 11) is 1.57. The molecule has 2 amide bonds. The summed E-state index contributed by atoms with van der Waals surface area (Å²) in [6, 6.07) is -1.13. The average Bonchev–Trinajstić information content (AvgIpc) is 2.67. The molecule has 1 aliphatic heterocycles. The summed E-state index contributed by atoms with van der Waals surface area (Å²) < 4.78 is 4.89. The molecule has 110 valence electrons. The number of carbonyl (C=O) groups is 2. The molecular weight excluding hydrogens is 248 g/mol. The van der Waals surface area contributed by atoms with Gasteiger partial charge in [-0.1, -0.05) is 0 Å². The summed E-state index contributed by atoms with van der Waals surface area (Å²) in [5.74, 6) is -0.999. The van der Waals surface area contributed by atoms with E-state index in [2.05, 4.69) is 5.32 Å². The number of nitrogens with zero attached hydrogens (tertiary/aromatic N) is 1. The normalized spacial score (nSPS) is 19.2. The van der Waals surface area contributed by atoms with Crippen molar-refractivity contribution in [2.45, 2.75) is 51.1 Å². The number of carboxylic acid groups (broad SMARTS) is 1. The van der Waals surface area contributed by atoms with Crippen LogP contribution in [0.4, 0.5) is 4.79 Å². The van der Waals surface area contributed by atoms with E-state index in [0.717, 1.165) is 12.8 Å². The lowest BCUT2D eigenvalue weighted by atomic mass is 10.0. The first-order valence-corrected chi connectivity index (χ1v) is 6.68. The Kier molecular flexibility index (Phi) is 5.60. The Morgan fingerprint density at radius 2 is 2.16 bits per heavy atom. The number of aliphatic carboxylic acids is 1. The summed E-state index contributed by atoms with van der Waals surface area (Å²) in [6.07, 6.45) is 2.89. The van der Waals surface area contributed by atoms with Crippen molar-refractivity contribution in [2.24, 2.45) is 0 Å². The van der Waals surface area contributed by atoms with Gasteiger partial charge in [0.2, 0.25) is 0 Å². The Balaban J connectivity index is 2.54. The lowest BCUT2D eigenvalue weighted by Crippen LogP contribution is -2.52. The van der Waals surface area contributed by atoms with E-state index < -0.39 is 12.0 Å². The van der Waals surface area contributed by atoms with Crippen molar-refractivity contribution in [3.05, 3.63) is 0 Å². The Labute approximate surface area is 114 Å². The maximum Gasteiger partial charge on any atom is 0.326 e. The summed E-state index contributed by atoms with van der Waals surface area (Å²) in [5.41, 5.74) is -0.195. The van der Waals surface area contributed by atoms with E-state index in [1.165, 1.54) is 0 Å². The SMILES string of the molecule is COCCCC(NC(=O)N1CCCC1(C)C)C(=O)O. The quantitative estimate of drug-likeness (QED) is 0.717. The molecule has 1 rings (SSSR count). The van der Waals surface area contributed by atoms with Crippen LogP contribution >= 0.6 is 0 Å². The van der Waals surface area contributed by atoms with Crippen LogP contribution < -0.4 is 5.32 Å². The molecule has 0 aromatic carbocycles. The highest BCUT2D eigenvalue weighted by atomic mass is 16.5.